The highest BCUT2D eigenvalue weighted by Gasteiger charge is 2.31. The van der Waals surface area contributed by atoms with Gasteiger partial charge < -0.3 is 15.6 Å². The van der Waals surface area contributed by atoms with E-state index in [4.69, 9.17) is 10.3 Å². The fourth-order valence-electron chi connectivity index (χ4n) is 2.25. The molecule has 0 bridgehead atoms. The van der Waals surface area contributed by atoms with Crippen LogP contribution in [-0.2, 0) is 11.2 Å². The second kappa shape index (κ2) is 6.89. The van der Waals surface area contributed by atoms with Crippen LogP contribution >= 0.6 is 27.3 Å². The summed E-state index contributed by atoms with van der Waals surface area (Å²) >= 11 is 4.93. The normalized spacial score (nSPS) is 15.7. The molecule has 1 aliphatic rings. The Balaban J connectivity index is 1.51. The topological polar surface area (TPSA) is 94.0 Å². The van der Waals surface area contributed by atoms with Crippen molar-refractivity contribution in [2.75, 3.05) is 6.54 Å². The smallest absolute Gasteiger partial charge is 0.227 e. The highest BCUT2D eigenvalue weighted by Crippen LogP contribution is 2.32. The molecule has 3 N–H and O–H groups in total. The van der Waals surface area contributed by atoms with Crippen molar-refractivity contribution in [3.8, 4) is 10.7 Å². The maximum atomic E-state index is 11.9. The van der Waals surface area contributed by atoms with E-state index in [0.717, 1.165) is 22.2 Å². The molecule has 1 aliphatic carbocycles. The second-order valence-corrected chi connectivity index (χ2v) is 7.21. The minimum absolute atomic E-state index is 0.0130. The SMILES string of the molecule is NCC(NC(=O)CCc1nc(-c2cc(Br)cs2)no1)C1CC1. The number of aryl methyl sites for hydroxylation is 1. The second-order valence-electron chi connectivity index (χ2n) is 5.39. The Morgan fingerprint density at radius 1 is 1.59 bits per heavy atom. The molecule has 1 saturated carbocycles. The summed E-state index contributed by atoms with van der Waals surface area (Å²) in [7, 11) is 0. The summed E-state index contributed by atoms with van der Waals surface area (Å²) in [6.45, 7) is 0.494. The van der Waals surface area contributed by atoms with E-state index >= 15 is 0 Å². The fraction of sp³-hybridized carbons (Fsp3) is 0.500. The van der Waals surface area contributed by atoms with Crippen molar-refractivity contribution in [2.24, 2.45) is 11.7 Å². The van der Waals surface area contributed by atoms with E-state index in [1.54, 1.807) is 0 Å². The zero-order valence-corrected chi connectivity index (χ0v) is 14.3. The summed E-state index contributed by atoms with van der Waals surface area (Å²) < 4.78 is 6.19. The maximum Gasteiger partial charge on any atom is 0.227 e. The van der Waals surface area contributed by atoms with Gasteiger partial charge in [0.25, 0.3) is 0 Å². The number of amides is 1. The van der Waals surface area contributed by atoms with E-state index in [-0.39, 0.29) is 11.9 Å². The summed E-state index contributed by atoms with van der Waals surface area (Å²) in [5.41, 5.74) is 5.68. The van der Waals surface area contributed by atoms with Gasteiger partial charge in [0.15, 0.2) is 0 Å². The zero-order chi connectivity index (χ0) is 15.5. The van der Waals surface area contributed by atoms with E-state index in [2.05, 4.69) is 31.4 Å². The summed E-state index contributed by atoms with van der Waals surface area (Å²) in [6.07, 6.45) is 3.09. The minimum Gasteiger partial charge on any atom is -0.352 e. The number of halogens is 1. The lowest BCUT2D eigenvalue weighted by Crippen LogP contribution is -2.41. The highest BCUT2D eigenvalue weighted by molar-refractivity contribution is 9.10. The van der Waals surface area contributed by atoms with Crippen LogP contribution in [0.2, 0.25) is 0 Å². The zero-order valence-electron chi connectivity index (χ0n) is 11.9. The molecule has 0 aliphatic heterocycles. The Kier molecular flexibility index (Phi) is 4.90. The van der Waals surface area contributed by atoms with E-state index in [9.17, 15) is 4.79 Å². The molecule has 1 atom stereocenters. The molecule has 6 nitrogen and oxygen atoms in total. The number of nitrogens with two attached hydrogens (primary N) is 1. The summed E-state index contributed by atoms with van der Waals surface area (Å²) in [4.78, 5) is 17.2. The van der Waals surface area contributed by atoms with Gasteiger partial charge in [0.05, 0.1) is 4.88 Å². The molecule has 2 aromatic heterocycles. The Morgan fingerprint density at radius 2 is 2.41 bits per heavy atom. The average molecular weight is 385 g/mol. The molecule has 8 heteroatoms. The highest BCUT2D eigenvalue weighted by atomic mass is 79.9. The van der Waals surface area contributed by atoms with Gasteiger partial charge >= 0.3 is 0 Å². The van der Waals surface area contributed by atoms with E-state index in [1.807, 2.05) is 11.4 Å². The maximum absolute atomic E-state index is 11.9. The van der Waals surface area contributed by atoms with Gasteiger partial charge in [-0.3, -0.25) is 4.79 Å². The first-order chi connectivity index (χ1) is 10.7. The number of hydrogen-bond acceptors (Lipinski definition) is 6. The molecular formula is C14H17BrN4O2S. The molecule has 0 aromatic carbocycles. The van der Waals surface area contributed by atoms with Crippen molar-refractivity contribution in [2.45, 2.75) is 31.7 Å². The first-order valence-electron chi connectivity index (χ1n) is 7.22. The summed E-state index contributed by atoms with van der Waals surface area (Å²) in [5.74, 6) is 1.58. The Bertz CT molecular complexity index is 653. The largest absolute Gasteiger partial charge is 0.352 e. The number of carbonyl (C=O) groups is 1. The van der Waals surface area contributed by atoms with Gasteiger partial charge in [-0.2, -0.15) is 4.98 Å². The molecule has 3 rings (SSSR count). The molecule has 1 amide bonds. The van der Waals surface area contributed by atoms with Crippen LogP contribution in [0.25, 0.3) is 10.7 Å². The third kappa shape index (κ3) is 3.93. The van der Waals surface area contributed by atoms with Gasteiger partial charge in [0, 0.05) is 35.3 Å². The molecule has 1 fully saturated rings. The molecule has 0 radical (unpaired) electrons. The molecule has 1 unspecified atom stereocenters. The Labute approximate surface area is 140 Å². The fourth-order valence-corrected chi connectivity index (χ4v) is 3.61. The van der Waals surface area contributed by atoms with Crippen LogP contribution in [-0.4, -0.2) is 28.6 Å². The van der Waals surface area contributed by atoms with Gasteiger partial charge in [-0.05, 0) is 40.8 Å². The molecule has 0 spiro atoms. The standard InChI is InChI=1S/C14H17BrN4O2S/c15-9-5-11(22-7-9)14-18-13(21-19-14)4-3-12(20)17-10(6-16)8-1-2-8/h5,7-8,10H,1-4,6,16H2,(H,17,20). The third-order valence-corrected chi connectivity index (χ3v) is 5.30. The van der Waals surface area contributed by atoms with Crippen molar-refractivity contribution in [3.05, 3.63) is 21.8 Å². The van der Waals surface area contributed by atoms with E-state index in [1.165, 1.54) is 11.3 Å². The van der Waals surface area contributed by atoms with Crippen LogP contribution in [0.1, 0.15) is 25.2 Å². The lowest BCUT2D eigenvalue weighted by molar-refractivity contribution is -0.121. The number of aromatic nitrogens is 2. The monoisotopic (exact) mass is 384 g/mol. The molecular weight excluding hydrogens is 368 g/mol. The van der Waals surface area contributed by atoms with Crippen LogP contribution in [0.3, 0.4) is 0 Å². The van der Waals surface area contributed by atoms with Crippen LogP contribution in [0, 0.1) is 5.92 Å². The van der Waals surface area contributed by atoms with Crippen LogP contribution < -0.4 is 11.1 Å². The predicted molar refractivity (Wildman–Crippen MR) is 87.3 cm³/mol. The minimum atomic E-state index is -0.0130. The number of rotatable bonds is 7. The van der Waals surface area contributed by atoms with Gasteiger partial charge in [-0.25, -0.2) is 0 Å². The Hall–Kier alpha value is -1.25. The van der Waals surface area contributed by atoms with Crippen molar-refractivity contribution < 1.29 is 9.32 Å². The first kappa shape index (κ1) is 15.6. The lowest BCUT2D eigenvalue weighted by Gasteiger charge is -2.15. The lowest BCUT2D eigenvalue weighted by atomic mass is 10.1. The number of carbonyl (C=O) groups excluding carboxylic acids is 1. The third-order valence-electron chi connectivity index (χ3n) is 3.61. The van der Waals surface area contributed by atoms with Crippen molar-refractivity contribution in [1.29, 1.82) is 0 Å². The first-order valence-corrected chi connectivity index (χ1v) is 8.89. The van der Waals surface area contributed by atoms with Crippen LogP contribution in [0.15, 0.2) is 20.4 Å². The van der Waals surface area contributed by atoms with Crippen LogP contribution in [0.4, 0.5) is 0 Å². The molecule has 2 aromatic rings. The number of hydrogen-bond donors (Lipinski definition) is 2. The van der Waals surface area contributed by atoms with E-state index < -0.39 is 0 Å². The summed E-state index contributed by atoms with van der Waals surface area (Å²) in [5, 5.41) is 8.89. The van der Waals surface area contributed by atoms with Gasteiger partial charge in [0.2, 0.25) is 17.6 Å². The quantitative estimate of drug-likeness (QED) is 0.763. The predicted octanol–water partition coefficient (Wildman–Crippen LogP) is 2.35. The van der Waals surface area contributed by atoms with Crippen LogP contribution in [0.5, 0.6) is 0 Å². The Morgan fingerprint density at radius 3 is 3.05 bits per heavy atom. The van der Waals surface area contributed by atoms with Crippen molar-refractivity contribution in [1.82, 2.24) is 15.5 Å². The van der Waals surface area contributed by atoms with Gasteiger partial charge in [-0.1, -0.05) is 5.16 Å². The van der Waals surface area contributed by atoms with Gasteiger partial charge in [-0.15, -0.1) is 11.3 Å². The molecule has 118 valence electrons. The van der Waals surface area contributed by atoms with Crippen molar-refractivity contribution in [3.63, 3.8) is 0 Å². The van der Waals surface area contributed by atoms with Crippen molar-refractivity contribution >= 4 is 33.2 Å². The molecule has 2 heterocycles. The molecule has 0 saturated heterocycles. The van der Waals surface area contributed by atoms with E-state index in [0.29, 0.717) is 37.0 Å². The molecule has 22 heavy (non-hydrogen) atoms. The summed E-state index contributed by atoms with van der Waals surface area (Å²) in [6, 6.07) is 2.04. The van der Waals surface area contributed by atoms with Gasteiger partial charge in [0.1, 0.15) is 0 Å². The number of nitrogens with one attached hydrogen (secondary N) is 1. The number of nitrogens with zero attached hydrogens (tertiary/aromatic N) is 2. The number of thiophene rings is 1. The average Bonchev–Trinajstić information content (AvgIpc) is 3.08.